The summed E-state index contributed by atoms with van der Waals surface area (Å²) in [6.45, 7) is 8.23. The number of allylic oxidation sites excluding steroid dienone is 7. The molecule has 2 nitrogen and oxygen atoms in total. The Hall–Kier alpha value is -2.39. The number of thioether (sulfide) groups is 1. The number of rotatable bonds is 2. The molecule has 0 radical (unpaired) electrons. The van der Waals surface area contributed by atoms with Crippen LogP contribution in [0, 0.1) is 12.8 Å². The van der Waals surface area contributed by atoms with Crippen molar-refractivity contribution in [2.24, 2.45) is 15.9 Å². The van der Waals surface area contributed by atoms with Crippen molar-refractivity contribution in [1.82, 2.24) is 0 Å². The van der Waals surface area contributed by atoms with E-state index in [4.69, 9.17) is 9.98 Å². The van der Waals surface area contributed by atoms with Gasteiger partial charge >= 0.3 is 0 Å². The molecular formula is C22H20N2S. The summed E-state index contributed by atoms with van der Waals surface area (Å²) < 4.78 is 0. The molecule has 0 N–H and O–H groups in total. The fourth-order valence-corrected chi connectivity index (χ4v) is 4.41. The fourth-order valence-electron chi connectivity index (χ4n) is 3.16. The Kier molecular flexibility index (Phi) is 4.18. The number of benzene rings is 1. The highest BCUT2D eigenvalue weighted by Crippen LogP contribution is 2.41. The van der Waals surface area contributed by atoms with Crippen molar-refractivity contribution in [2.75, 3.05) is 0 Å². The van der Waals surface area contributed by atoms with Crippen LogP contribution in [0.15, 0.2) is 81.8 Å². The monoisotopic (exact) mass is 344 g/mol. The third-order valence-corrected chi connectivity index (χ3v) is 6.06. The van der Waals surface area contributed by atoms with Crippen LogP contribution >= 0.6 is 11.8 Å². The molecule has 1 aromatic carbocycles. The average molecular weight is 344 g/mol. The SMILES string of the molecule is C=Cc1ccc(C)cc1N=C1C=CC2=NC3=CC=CC(C)C3SC2=C1. The third kappa shape index (κ3) is 3.12. The van der Waals surface area contributed by atoms with Crippen LogP contribution in [-0.2, 0) is 0 Å². The second-order valence-electron chi connectivity index (χ2n) is 6.52. The van der Waals surface area contributed by atoms with E-state index in [-0.39, 0.29) is 0 Å². The minimum absolute atomic E-state index is 0.399. The summed E-state index contributed by atoms with van der Waals surface area (Å²) >= 11 is 1.89. The van der Waals surface area contributed by atoms with Crippen molar-refractivity contribution >= 4 is 34.9 Å². The Morgan fingerprint density at radius 2 is 2.16 bits per heavy atom. The van der Waals surface area contributed by atoms with Gasteiger partial charge in [-0.3, -0.25) is 4.99 Å². The molecule has 0 spiro atoms. The van der Waals surface area contributed by atoms with Crippen LogP contribution in [0.25, 0.3) is 6.08 Å². The minimum atomic E-state index is 0.399. The van der Waals surface area contributed by atoms with Crippen LogP contribution in [0.5, 0.6) is 0 Å². The van der Waals surface area contributed by atoms with Gasteiger partial charge in [-0.15, -0.1) is 11.8 Å². The molecule has 1 aliphatic heterocycles. The molecule has 4 rings (SSSR count). The van der Waals surface area contributed by atoms with Gasteiger partial charge < -0.3 is 0 Å². The molecule has 0 saturated heterocycles. The highest BCUT2D eigenvalue weighted by Gasteiger charge is 2.30. The molecule has 3 heteroatoms. The van der Waals surface area contributed by atoms with Crippen LogP contribution in [0.3, 0.4) is 0 Å². The molecule has 2 aliphatic carbocycles. The van der Waals surface area contributed by atoms with E-state index in [1.165, 1.54) is 16.2 Å². The van der Waals surface area contributed by atoms with Crippen LogP contribution in [0.4, 0.5) is 5.69 Å². The summed E-state index contributed by atoms with van der Waals surface area (Å²) in [5.74, 6) is 0.492. The van der Waals surface area contributed by atoms with Gasteiger partial charge in [0.25, 0.3) is 0 Å². The Morgan fingerprint density at radius 1 is 1.28 bits per heavy atom. The van der Waals surface area contributed by atoms with Crippen LogP contribution in [0.2, 0.25) is 0 Å². The number of aliphatic imine (C=N–C) groups is 2. The molecule has 1 aromatic rings. The second-order valence-corrected chi connectivity index (χ2v) is 7.70. The van der Waals surface area contributed by atoms with Gasteiger partial charge in [0.05, 0.1) is 28.1 Å². The Bertz CT molecular complexity index is 925. The van der Waals surface area contributed by atoms with Crippen molar-refractivity contribution in [3.05, 3.63) is 83.0 Å². The largest absolute Gasteiger partial charge is 0.251 e. The van der Waals surface area contributed by atoms with Gasteiger partial charge in [0.1, 0.15) is 0 Å². The van der Waals surface area contributed by atoms with Gasteiger partial charge in [-0.25, -0.2) is 4.99 Å². The summed E-state index contributed by atoms with van der Waals surface area (Å²) in [6, 6.07) is 6.25. The third-order valence-electron chi connectivity index (χ3n) is 4.55. The molecule has 2 unspecified atom stereocenters. The minimum Gasteiger partial charge on any atom is -0.251 e. The summed E-state index contributed by atoms with van der Waals surface area (Å²) in [4.78, 5) is 10.9. The predicted octanol–water partition coefficient (Wildman–Crippen LogP) is 5.81. The Balaban J connectivity index is 1.71. The summed E-state index contributed by atoms with van der Waals surface area (Å²) in [7, 11) is 0. The lowest BCUT2D eigenvalue weighted by Crippen LogP contribution is -2.24. The normalized spacial score (nSPS) is 25.7. The van der Waals surface area contributed by atoms with Gasteiger partial charge in [-0.1, -0.05) is 43.9 Å². The van der Waals surface area contributed by atoms with E-state index in [9.17, 15) is 0 Å². The first-order chi connectivity index (χ1) is 12.1. The van der Waals surface area contributed by atoms with Gasteiger partial charge in [0, 0.05) is 4.91 Å². The summed E-state index contributed by atoms with van der Waals surface area (Å²) in [6.07, 6.45) is 14.6. The first-order valence-corrected chi connectivity index (χ1v) is 9.37. The highest BCUT2D eigenvalue weighted by atomic mass is 32.2. The number of aryl methyl sites for hydroxylation is 1. The van der Waals surface area contributed by atoms with Crippen LogP contribution < -0.4 is 0 Å². The molecule has 3 aliphatic rings. The smallest absolute Gasteiger partial charge is 0.0770 e. The van der Waals surface area contributed by atoms with Gasteiger partial charge in [-0.2, -0.15) is 0 Å². The standard InChI is InChI=1S/C22H20N2S/c1-4-16-9-8-14(2)12-20(16)23-17-10-11-18-21(13-17)25-22-15(3)6-5-7-19(22)24-18/h4-13,15,22H,1H2,2-3H3. The zero-order valence-corrected chi connectivity index (χ0v) is 15.3. The Labute approximate surface area is 153 Å². The van der Waals surface area contributed by atoms with E-state index >= 15 is 0 Å². The topological polar surface area (TPSA) is 24.7 Å². The maximum atomic E-state index is 4.85. The lowest BCUT2D eigenvalue weighted by molar-refractivity contribution is 0.718. The second kappa shape index (κ2) is 6.49. The van der Waals surface area contributed by atoms with Crippen molar-refractivity contribution in [3.63, 3.8) is 0 Å². The molecule has 1 heterocycles. The molecule has 0 saturated carbocycles. The van der Waals surface area contributed by atoms with E-state index in [2.05, 4.69) is 69.0 Å². The quantitative estimate of drug-likeness (QED) is 0.621. The molecule has 124 valence electrons. The van der Waals surface area contributed by atoms with E-state index in [1.807, 2.05) is 23.9 Å². The maximum absolute atomic E-state index is 4.85. The lowest BCUT2D eigenvalue weighted by atomic mass is 9.99. The fraction of sp³-hybridized carbons (Fsp3) is 0.182. The number of fused-ring (bicyclic) bond motifs is 2. The van der Waals surface area contributed by atoms with E-state index < -0.39 is 0 Å². The van der Waals surface area contributed by atoms with Gasteiger partial charge in [-0.05, 0) is 54.3 Å². The van der Waals surface area contributed by atoms with Gasteiger partial charge in [0.2, 0.25) is 0 Å². The molecule has 25 heavy (non-hydrogen) atoms. The number of hydrogen-bond acceptors (Lipinski definition) is 3. The Morgan fingerprint density at radius 3 is 3.00 bits per heavy atom. The first-order valence-electron chi connectivity index (χ1n) is 8.50. The van der Waals surface area contributed by atoms with Crippen molar-refractivity contribution in [1.29, 1.82) is 0 Å². The maximum Gasteiger partial charge on any atom is 0.0770 e. The molecule has 2 atom stereocenters. The van der Waals surface area contributed by atoms with E-state index in [1.54, 1.807) is 0 Å². The van der Waals surface area contributed by atoms with Crippen molar-refractivity contribution in [2.45, 2.75) is 19.1 Å². The van der Waals surface area contributed by atoms with Crippen LogP contribution in [0.1, 0.15) is 18.1 Å². The number of nitrogens with zero attached hydrogens (tertiary/aromatic N) is 2. The van der Waals surface area contributed by atoms with E-state index in [0.717, 1.165) is 22.7 Å². The molecule has 0 fully saturated rings. The molecule has 0 aromatic heterocycles. The number of hydrogen-bond donors (Lipinski definition) is 0. The predicted molar refractivity (Wildman–Crippen MR) is 111 cm³/mol. The molecular weight excluding hydrogens is 324 g/mol. The van der Waals surface area contributed by atoms with Crippen LogP contribution in [-0.4, -0.2) is 16.7 Å². The van der Waals surface area contributed by atoms with Crippen molar-refractivity contribution < 1.29 is 0 Å². The summed E-state index contributed by atoms with van der Waals surface area (Å²) in [5.41, 5.74) is 6.39. The first kappa shape index (κ1) is 16.1. The molecule has 0 amide bonds. The average Bonchev–Trinajstić information content (AvgIpc) is 2.61. The molecule has 0 bridgehead atoms. The summed E-state index contributed by atoms with van der Waals surface area (Å²) in [5, 5.41) is 0.399. The zero-order chi connectivity index (χ0) is 17.4. The zero-order valence-electron chi connectivity index (χ0n) is 14.4. The highest BCUT2D eigenvalue weighted by molar-refractivity contribution is 8.05. The lowest BCUT2D eigenvalue weighted by Gasteiger charge is -2.30. The van der Waals surface area contributed by atoms with E-state index in [0.29, 0.717) is 11.2 Å². The van der Waals surface area contributed by atoms with Gasteiger partial charge in [0.15, 0.2) is 0 Å². The van der Waals surface area contributed by atoms with Crippen molar-refractivity contribution in [3.8, 4) is 0 Å².